The van der Waals surface area contributed by atoms with Gasteiger partial charge in [-0.15, -0.1) is 0 Å². The Morgan fingerprint density at radius 1 is 1.40 bits per heavy atom. The molecule has 110 valence electrons. The normalized spacial score (nSPS) is 17.7. The molecule has 0 aromatic carbocycles. The van der Waals surface area contributed by atoms with Crippen LogP contribution in [0.4, 0.5) is 17.5 Å². The molecule has 1 heterocycles. The van der Waals surface area contributed by atoms with Crippen molar-refractivity contribution in [2.24, 2.45) is 0 Å². The van der Waals surface area contributed by atoms with Gasteiger partial charge >= 0.3 is 5.69 Å². The standard InChI is InChI=1S/C12H19N5O3/c1-8-9(17(19)20)10(16-11(13)15-8)14-7-12(18)5-3-2-4-6-12/h18H,2-7H2,1H3,(H3,13,14,15,16). The Morgan fingerprint density at radius 2 is 2.05 bits per heavy atom. The summed E-state index contributed by atoms with van der Waals surface area (Å²) in [6.45, 7) is 1.74. The van der Waals surface area contributed by atoms with E-state index in [4.69, 9.17) is 5.73 Å². The van der Waals surface area contributed by atoms with E-state index in [-0.39, 0.29) is 29.7 Å². The van der Waals surface area contributed by atoms with Gasteiger partial charge in [-0.3, -0.25) is 10.1 Å². The molecule has 2 rings (SSSR count). The Hall–Kier alpha value is -1.96. The predicted octanol–water partition coefficient (Wildman–Crippen LogP) is 1.38. The molecule has 0 atom stereocenters. The second kappa shape index (κ2) is 5.58. The van der Waals surface area contributed by atoms with Crippen molar-refractivity contribution in [3.8, 4) is 0 Å². The molecule has 0 spiro atoms. The summed E-state index contributed by atoms with van der Waals surface area (Å²) in [6.07, 6.45) is 4.42. The molecule has 1 aromatic heterocycles. The summed E-state index contributed by atoms with van der Waals surface area (Å²) in [5.74, 6) is 0.0465. The van der Waals surface area contributed by atoms with Crippen molar-refractivity contribution >= 4 is 17.5 Å². The van der Waals surface area contributed by atoms with Crippen molar-refractivity contribution < 1.29 is 10.0 Å². The van der Waals surface area contributed by atoms with Gasteiger partial charge in [0.25, 0.3) is 0 Å². The molecule has 1 fully saturated rings. The molecule has 0 amide bonds. The maximum Gasteiger partial charge on any atom is 0.332 e. The third-order valence-electron chi connectivity index (χ3n) is 3.63. The van der Waals surface area contributed by atoms with Crippen LogP contribution < -0.4 is 11.1 Å². The number of hydrogen-bond acceptors (Lipinski definition) is 7. The number of rotatable bonds is 4. The fraction of sp³-hybridized carbons (Fsp3) is 0.667. The SMILES string of the molecule is Cc1nc(N)nc(NCC2(O)CCCCC2)c1[N+](=O)[O-]. The maximum atomic E-state index is 11.1. The lowest BCUT2D eigenvalue weighted by Crippen LogP contribution is -2.39. The van der Waals surface area contributed by atoms with E-state index < -0.39 is 10.5 Å². The minimum atomic E-state index is -0.834. The number of nitrogen functional groups attached to an aromatic ring is 1. The molecular weight excluding hydrogens is 262 g/mol. The molecule has 8 heteroatoms. The Labute approximate surface area is 116 Å². The number of hydrogen-bond donors (Lipinski definition) is 3. The number of aromatic nitrogens is 2. The lowest BCUT2D eigenvalue weighted by Gasteiger charge is -2.32. The highest BCUT2D eigenvalue weighted by Gasteiger charge is 2.30. The molecule has 0 saturated heterocycles. The maximum absolute atomic E-state index is 11.1. The summed E-state index contributed by atoms with van der Waals surface area (Å²) in [5, 5.41) is 24.3. The first-order valence-corrected chi connectivity index (χ1v) is 6.66. The number of aryl methyl sites for hydroxylation is 1. The Balaban J connectivity index is 2.18. The van der Waals surface area contributed by atoms with Gasteiger partial charge in [0.1, 0.15) is 5.69 Å². The summed E-state index contributed by atoms with van der Waals surface area (Å²) >= 11 is 0. The van der Waals surface area contributed by atoms with Gasteiger partial charge in [-0.2, -0.15) is 4.98 Å². The number of nitrogens with two attached hydrogens (primary N) is 1. The number of nitrogens with one attached hydrogen (secondary N) is 1. The fourth-order valence-corrected chi connectivity index (χ4v) is 2.57. The second-order valence-corrected chi connectivity index (χ2v) is 5.26. The zero-order valence-corrected chi connectivity index (χ0v) is 11.4. The second-order valence-electron chi connectivity index (χ2n) is 5.26. The van der Waals surface area contributed by atoms with Gasteiger partial charge in [0.05, 0.1) is 10.5 Å². The molecule has 0 bridgehead atoms. The van der Waals surface area contributed by atoms with Crippen LogP contribution in [0.15, 0.2) is 0 Å². The van der Waals surface area contributed by atoms with Crippen molar-refractivity contribution in [3.05, 3.63) is 15.8 Å². The number of aliphatic hydroxyl groups is 1. The highest BCUT2D eigenvalue weighted by atomic mass is 16.6. The van der Waals surface area contributed by atoms with Crippen LogP contribution in [0.1, 0.15) is 37.8 Å². The van der Waals surface area contributed by atoms with Gasteiger partial charge in [0.2, 0.25) is 11.8 Å². The van der Waals surface area contributed by atoms with E-state index in [0.29, 0.717) is 12.8 Å². The lowest BCUT2D eigenvalue weighted by atomic mass is 9.85. The molecular formula is C12H19N5O3. The van der Waals surface area contributed by atoms with E-state index in [1.807, 2.05) is 0 Å². The molecule has 1 aliphatic carbocycles. The largest absolute Gasteiger partial charge is 0.388 e. The number of nitro groups is 1. The molecule has 0 unspecified atom stereocenters. The molecule has 1 aliphatic rings. The van der Waals surface area contributed by atoms with Gasteiger partial charge in [-0.25, -0.2) is 4.98 Å². The highest BCUT2D eigenvalue weighted by Crippen LogP contribution is 2.30. The average Bonchev–Trinajstić information content (AvgIpc) is 2.36. The van der Waals surface area contributed by atoms with Gasteiger partial charge < -0.3 is 16.2 Å². The number of anilines is 2. The van der Waals surface area contributed by atoms with Crippen molar-refractivity contribution in [3.63, 3.8) is 0 Å². The minimum absolute atomic E-state index is 0.0220. The van der Waals surface area contributed by atoms with Crippen LogP contribution in [0.3, 0.4) is 0 Å². The summed E-state index contributed by atoms with van der Waals surface area (Å²) in [4.78, 5) is 18.2. The number of nitrogens with zero attached hydrogens (tertiary/aromatic N) is 3. The van der Waals surface area contributed by atoms with E-state index in [1.54, 1.807) is 0 Å². The van der Waals surface area contributed by atoms with Crippen LogP contribution in [0, 0.1) is 17.0 Å². The summed E-state index contributed by atoms with van der Waals surface area (Å²) in [7, 11) is 0. The van der Waals surface area contributed by atoms with Crippen LogP contribution in [0.2, 0.25) is 0 Å². The van der Waals surface area contributed by atoms with Gasteiger partial charge in [-0.05, 0) is 19.8 Å². The van der Waals surface area contributed by atoms with Crippen LogP contribution in [0.5, 0.6) is 0 Å². The monoisotopic (exact) mass is 281 g/mol. The predicted molar refractivity (Wildman–Crippen MR) is 74.4 cm³/mol. The quantitative estimate of drug-likeness (QED) is 0.562. The highest BCUT2D eigenvalue weighted by molar-refractivity contribution is 5.60. The van der Waals surface area contributed by atoms with Gasteiger partial charge in [-0.1, -0.05) is 19.3 Å². The van der Waals surface area contributed by atoms with Crippen LogP contribution in [-0.4, -0.2) is 32.1 Å². The smallest absolute Gasteiger partial charge is 0.332 e. The van der Waals surface area contributed by atoms with E-state index in [9.17, 15) is 15.2 Å². The summed E-state index contributed by atoms with van der Waals surface area (Å²) in [6, 6.07) is 0. The van der Waals surface area contributed by atoms with Crippen molar-refractivity contribution in [1.29, 1.82) is 0 Å². The van der Waals surface area contributed by atoms with Crippen molar-refractivity contribution in [2.45, 2.75) is 44.6 Å². The Kier molecular flexibility index (Phi) is 4.03. The molecule has 1 saturated carbocycles. The molecule has 1 aromatic rings. The average molecular weight is 281 g/mol. The fourth-order valence-electron chi connectivity index (χ4n) is 2.57. The van der Waals surface area contributed by atoms with E-state index in [1.165, 1.54) is 6.92 Å². The summed E-state index contributed by atoms with van der Waals surface area (Å²) in [5.41, 5.74) is 4.70. The third-order valence-corrected chi connectivity index (χ3v) is 3.63. The minimum Gasteiger partial charge on any atom is -0.388 e. The molecule has 4 N–H and O–H groups in total. The molecule has 0 aliphatic heterocycles. The van der Waals surface area contributed by atoms with Crippen molar-refractivity contribution in [2.75, 3.05) is 17.6 Å². The first-order valence-electron chi connectivity index (χ1n) is 6.66. The zero-order chi connectivity index (χ0) is 14.8. The van der Waals surface area contributed by atoms with E-state index >= 15 is 0 Å². The first kappa shape index (κ1) is 14.4. The van der Waals surface area contributed by atoms with Crippen molar-refractivity contribution in [1.82, 2.24) is 9.97 Å². The van der Waals surface area contributed by atoms with Gasteiger partial charge in [0, 0.05) is 6.54 Å². The van der Waals surface area contributed by atoms with Crippen LogP contribution in [0.25, 0.3) is 0 Å². The lowest BCUT2D eigenvalue weighted by molar-refractivity contribution is -0.385. The Morgan fingerprint density at radius 3 is 2.65 bits per heavy atom. The van der Waals surface area contributed by atoms with Crippen LogP contribution >= 0.6 is 0 Å². The first-order chi connectivity index (χ1) is 9.41. The Bertz CT molecular complexity index is 514. The molecule has 20 heavy (non-hydrogen) atoms. The van der Waals surface area contributed by atoms with Crippen LogP contribution in [-0.2, 0) is 0 Å². The molecule has 8 nitrogen and oxygen atoms in total. The van der Waals surface area contributed by atoms with Gasteiger partial charge in [0.15, 0.2) is 0 Å². The molecule has 0 radical (unpaired) electrons. The topological polar surface area (TPSA) is 127 Å². The van der Waals surface area contributed by atoms with E-state index in [0.717, 1.165) is 19.3 Å². The summed E-state index contributed by atoms with van der Waals surface area (Å²) < 4.78 is 0. The zero-order valence-electron chi connectivity index (χ0n) is 11.4. The third kappa shape index (κ3) is 3.13. The van der Waals surface area contributed by atoms with E-state index in [2.05, 4.69) is 15.3 Å².